The molecule has 0 radical (unpaired) electrons. The van der Waals surface area contributed by atoms with E-state index in [1.54, 1.807) is 0 Å². The molecule has 2 aliphatic rings. The number of carboxylic acid groups (broad SMARTS) is 2. The van der Waals surface area contributed by atoms with Gasteiger partial charge in [-0.1, -0.05) is 0 Å². The number of aromatic amines is 4. The van der Waals surface area contributed by atoms with Crippen molar-refractivity contribution in [3.05, 3.63) is 154 Å². The van der Waals surface area contributed by atoms with Crippen LogP contribution in [0.5, 0.6) is 0 Å². The molecular weight excluding hydrogens is 1560 g/mol. The highest BCUT2D eigenvalue weighted by Gasteiger charge is 2.43. The minimum Gasteiger partial charge on any atom is -0.480 e. The van der Waals surface area contributed by atoms with E-state index >= 15 is 0 Å². The van der Waals surface area contributed by atoms with E-state index in [4.69, 9.17) is 23.2 Å². The van der Waals surface area contributed by atoms with Crippen molar-refractivity contribution in [1.29, 1.82) is 0 Å². The number of aromatic nitrogens is 6. The summed E-state index contributed by atoms with van der Waals surface area (Å²) in [4.78, 5) is 84.3. The average molecular weight is 1590 g/mol. The number of amides is 2. The number of hydrogen-bond acceptors (Lipinski definition) is 29. The smallest absolute Gasteiger partial charge is 0.355 e. The first-order chi connectivity index (χ1) is 48.5. The molecule has 2 aromatic heterocycles. The number of benzene rings is 6. The predicted molar refractivity (Wildman–Crippen MR) is 349 cm³/mol. The van der Waals surface area contributed by atoms with Gasteiger partial charge in [-0.3, -0.25) is 46.9 Å². The number of amidine groups is 1. The summed E-state index contributed by atoms with van der Waals surface area (Å²) in [6.45, 7) is 0. The molecule has 53 heteroatoms. The number of halogens is 2. The second-order valence-electron chi connectivity index (χ2n) is 20.2. The molecule has 104 heavy (non-hydrogen) atoms. The highest BCUT2D eigenvalue weighted by Crippen LogP contribution is 2.35. The van der Waals surface area contributed by atoms with Crippen molar-refractivity contribution < 1.29 is 112 Å². The number of aliphatic hydroxyl groups is 1. The number of aliphatic carboxylic acids is 2. The van der Waals surface area contributed by atoms with Crippen LogP contribution in [-0.4, -0.2) is 176 Å². The van der Waals surface area contributed by atoms with Gasteiger partial charge in [0.05, 0.1) is 55.3 Å². The molecule has 14 N–H and O–H groups in total. The molecule has 8 aromatic rings. The van der Waals surface area contributed by atoms with Gasteiger partial charge < -0.3 is 30.6 Å². The lowest BCUT2D eigenvalue weighted by Crippen LogP contribution is -2.33. The van der Waals surface area contributed by atoms with Crippen molar-refractivity contribution in [3.63, 3.8) is 0 Å². The van der Waals surface area contributed by atoms with Gasteiger partial charge in [-0.25, -0.2) is 29.6 Å². The maximum Gasteiger partial charge on any atom is 0.355 e. The maximum absolute atomic E-state index is 13.4. The lowest BCUT2D eigenvalue weighted by atomic mass is 10.2. The van der Waals surface area contributed by atoms with Gasteiger partial charge in [-0.2, -0.15) is 106 Å². The first-order valence-electron chi connectivity index (χ1n) is 27.2. The van der Waals surface area contributed by atoms with E-state index in [9.17, 15) is 112 Å². The molecule has 0 saturated heterocycles. The highest BCUT2D eigenvalue weighted by atomic mass is 35.5. The van der Waals surface area contributed by atoms with Gasteiger partial charge in [-0.15, -0.1) is 0 Å². The number of H-pyrrole nitrogens is 4. The first kappa shape index (κ1) is 74.9. The zero-order valence-electron chi connectivity index (χ0n) is 50.2. The van der Waals surface area contributed by atoms with Crippen LogP contribution in [0.4, 0.5) is 56.9 Å². The summed E-state index contributed by atoms with van der Waals surface area (Å²) in [6.07, 6.45) is 0. The Morgan fingerprint density at radius 3 is 1.17 bits per heavy atom. The predicted octanol–water partition coefficient (Wildman–Crippen LogP) is 3.04. The van der Waals surface area contributed by atoms with Crippen molar-refractivity contribution in [1.82, 2.24) is 29.9 Å². The normalized spacial score (nSPS) is 16.5. The average Bonchev–Trinajstić information content (AvgIpc) is 1.62. The number of nitrogens with zero attached hydrogens (tertiary/aromatic N) is 15. The lowest BCUT2D eigenvalue weighted by molar-refractivity contribution is -0.130. The summed E-state index contributed by atoms with van der Waals surface area (Å²) in [5.41, 5.74) is -7.96. The van der Waals surface area contributed by atoms with Gasteiger partial charge in [0.1, 0.15) is 31.0 Å². The molecule has 2 amide bonds. The maximum atomic E-state index is 13.4. The molecular formula is C51H36Cl2N20O25S6. The molecule has 4 heterocycles. The fourth-order valence-electron chi connectivity index (χ4n) is 8.81. The number of rotatable bonds is 20. The summed E-state index contributed by atoms with van der Waals surface area (Å²) >= 11 is 12.4. The van der Waals surface area contributed by atoms with E-state index in [-0.39, 0.29) is 45.4 Å². The minimum absolute atomic E-state index is 0.195. The van der Waals surface area contributed by atoms with Crippen molar-refractivity contribution in [2.75, 3.05) is 15.3 Å². The van der Waals surface area contributed by atoms with Crippen LogP contribution in [0, 0.1) is 0 Å². The Hall–Kier alpha value is -11.7. The third kappa shape index (κ3) is 17.6. The van der Waals surface area contributed by atoms with E-state index in [0.29, 0.717) is 16.1 Å². The third-order valence-corrected chi connectivity index (χ3v) is 18.9. The molecule has 2 unspecified atom stereocenters. The monoisotopic (exact) mass is 1590 g/mol. The first-order valence-corrected chi connectivity index (χ1v) is 36.6. The Morgan fingerprint density at radius 1 is 0.433 bits per heavy atom. The molecule has 0 spiro atoms. The SMILES string of the molecule is O=C(O)C1=NN(c2ccc(S(=O)(=O)O)cc2)C(=O)C1N=Nc1cc(N=c2nc(Cl)[nH]c(=Nc3ccc(N=C(O)Nc4ccc(N=c5[nH]c(Cl)nc(=Nc6ccc(S(=O)(=O)O)c(N=NC7C(=O)N(c8ccc(S(=O)(=O)O)cc8)N=C7C(=O)O)c6)[nH]5)cc4S(=O)(=O)O)c(S(=O)(=O)O)c3)[nH]2)ccc1S(=O)(=O)O. The Balaban J connectivity index is 0.894. The molecule has 2 atom stereocenters. The van der Waals surface area contributed by atoms with Crippen LogP contribution in [0.25, 0.3) is 0 Å². The minimum atomic E-state index is -5.31. The summed E-state index contributed by atoms with van der Waals surface area (Å²) in [6, 6.07) is 12.7. The number of nitrogens with one attached hydrogen (secondary N) is 5. The molecule has 0 fully saturated rings. The summed E-state index contributed by atoms with van der Waals surface area (Å²) in [5.74, 6) is -5.96. The summed E-state index contributed by atoms with van der Waals surface area (Å²) < 4.78 is 206. The van der Waals surface area contributed by atoms with Gasteiger partial charge in [0.15, 0.2) is 11.4 Å². The van der Waals surface area contributed by atoms with E-state index < -0.39 is 188 Å². The largest absolute Gasteiger partial charge is 0.480 e. The zero-order valence-corrected chi connectivity index (χ0v) is 56.6. The van der Waals surface area contributed by atoms with E-state index in [2.05, 4.69) is 90.8 Å². The summed E-state index contributed by atoms with van der Waals surface area (Å²) in [5, 5.41) is 55.0. The number of carbonyl (C=O) groups is 4. The van der Waals surface area contributed by atoms with Crippen molar-refractivity contribution in [2.24, 2.45) is 55.6 Å². The topological polar surface area (TPSA) is 699 Å². The Bertz CT molecular complexity index is 6230. The summed E-state index contributed by atoms with van der Waals surface area (Å²) in [7, 11) is -30.3. The van der Waals surface area contributed by atoms with Gasteiger partial charge in [-0.05, 0) is 145 Å². The zero-order chi connectivity index (χ0) is 75.9. The Kier molecular flexibility index (Phi) is 20.6. The highest BCUT2D eigenvalue weighted by molar-refractivity contribution is 7.87. The molecule has 0 aliphatic carbocycles. The van der Waals surface area contributed by atoms with Crippen LogP contribution < -0.4 is 37.8 Å². The molecule has 2 aliphatic heterocycles. The van der Waals surface area contributed by atoms with Crippen LogP contribution in [0.1, 0.15) is 0 Å². The van der Waals surface area contributed by atoms with Crippen LogP contribution in [0.3, 0.4) is 0 Å². The van der Waals surface area contributed by atoms with Crippen molar-refractivity contribution >= 4 is 182 Å². The van der Waals surface area contributed by atoms with Gasteiger partial charge in [0.2, 0.25) is 45.1 Å². The number of carboxylic acids is 2. The molecule has 540 valence electrons. The molecule has 45 nitrogen and oxygen atoms in total. The fourth-order valence-corrected chi connectivity index (χ4v) is 12.6. The number of hydrogen-bond donors (Lipinski definition) is 14. The third-order valence-electron chi connectivity index (χ3n) is 13.2. The second kappa shape index (κ2) is 28.6. The quantitative estimate of drug-likeness (QED) is 0.0226. The van der Waals surface area contributed by atoms with Crippen LogP contribution in [-0.2, 0) is 79.9 Å². The Morgan fingerprint density at radius 2 is 0.798 bits per heavy atom. The number of aliphatic imine (C=N–C) groups is 1. The van der Waals surface area contributed by atoms with E-state index in [1.165, 1.54) is 0 Å². The number of hydrazone groups is 2. The molecule has 10 rings (SSSR count). The van der Waals surface area contributed by atoms with Crippen LogP contribution >= 0.6 is 23.2 Å². The second-order valence-corrected chi connectivity index (χ2v) is 29.4. The molecule has 0 saturated carbocycles. The lowest BCUT2D eigenvalue weighted by Gasteiger charge is -2.12. The van der Waals surface area contributed by atoms with Crippen LogP contribution in [0.2, 0.25) is 10.6 Å². The van der Waals surface area contributed by atoms with Crippen LogP contribution in [0.15, 0.2) is 206 Å². The number of anilines is 3. The van der Waals surface area contributed by atoms with Gasteiger partial charge in [0.25, 0.3) is 78.5 Å². The van der Waals surface area contributed by atoms with Crippen molar-refractivity contribution in [3.8, 4) is 0 Å². The van der Waals surface area contributed by atoms with Gasteiger partial charge in [0, 0.05) is 0 Å². The van der Waals surface area contributed by atoms with E-state index in [0.717, 1.165) is 115 Å². The Labute approximate surface area is 587 Å². The fraction of sp³-hybridized carbons (Fsp3) is 0.0392. The standard InChI is InChI=1S/C51H36Cl2N20O25S6/c52-45-60-47(54-21-3-15-33(101(87,88)89)31(17-21)66-68-37-39(43(76)77)70-72(41(37)74)25-5-9-27(10-6-25)99(81,82)83)64-49(62-45)56-23-1-13-29(35(19-23)103(93,94)95)58-51(80)59-30-14-2-24(20-36(30)104(96,97)98)57-50-63-46(53)61-48(65-50)55-22-4-16-34(102(90,91)92)32(18-22)67-69-38-40(44(78)79)71-73(42(38)75)26-7-11-28(12-8-26)100(84,85)86/h1-20,37-38H,(H,76,77)(H,78,79)(H2,58,59,80)(H,81,82,83)(H,84,85,86)(H,87,88,89)(H,90,91,92)(H,93,94,95)(H,96,97,98)(H2,54,56,60,62,64)(H2,55,57,61,63,65). The number of carbonyl (C=O) groups excluding carboxylic acids is 2. The molecule has 6 aromatic carbocycles. The number of aliphatic hydroxyl groups excluding tert-OH is 1. The number of azo groups is 2. The van der Waals surface area contributed by atoms with E-state index in [1.807, 2.05) is 0 Å². The van der Waals surface area contributed by atoms with Crippen molar-refractivity contribution in [2.45, 2.75) is 41.5 Å². The molecule has 0 bridgehead atoms. The van der Waals surface area contributed by atoms with Gasteiger partial charge >= 0.3 is 11.9 Å².